The molecule has 2 aromatic rings. The fourth-order valence-electron chi connectivity index (χ4n) is 2.74. The minimum absolute atomic E-state index is 0.305. The first-order valence-corrected chi connectivity index (χ1v) is 8.09. The molecule has 1 aliphatic heterocycles. The Morgan fingerprint density at radius 1 is 1.00 bits per heavy atom. The van der Waals surface area contributed by atoms with Crippen LogP contribution in [0.15, 0.2) is 48.5 Å². The average molecular weight is 341 g/mol. The normalized spacial score (nSPS) is 12.5. The Balaban J connectivity index is 1.81. The van der Waals surface area contributed by atoms with Crippen LogP contribution in [0.2, 0.25) is 0 Å². The molecule has 0 radical (unpaired) electrons. The van der Waals surface area contributed by atoms with Gasteiger partial charge in [0.05, 0.1) is 5.56 Å². The number of hydrogen-bond donors (Lipinski definition) is 1. The molecule has 6 heteroatoms. The van der Waals surface area contributed by atoms with Crippen LogP contribution in [-0.2, 0) is 11.2 Å². The lowest BCUT2D eigenvalue weighted by atomic mass is 10.1. The molecule has 0 fully saturated rings. The van der Waals surface area contributed by atoms with Crippen LogP contribution in [0, 0.1) is 0 Å². The maximum absolute atomic E-state index is 12.9. The number of carbonyl (C=O) groups is 2. The van der Waals surface area contributed by atoms with Crippen molar-refractivity contribution in [3.63, 3.8) is 0 Å². The minimum atomic E-state index is -1.05. The second-order valence-electron chi connectivity index (χ2n) is 5.69. The van der Waals surface area contributed by atoms with Crippen molar-refractivity contribution >= 4 is 11.9 Å². The van der Waals surface area contributed by atoms with E-state index in [2.05, 4.69) is 0 Å². The summed E-state index contributed by atoms with van der Waals surface area (Å²) in [5.41, 5.74) is 1.37. The summed E-state index contributed by atoms with van der Waals surface area (Å²) in [6, 6.07) is 14.7. The standard InChI is InChI=1S/C19H19NO5/c21-17(22)13-20(10-9-14-5-2-1-3-6-14)19(23)15-7-4-8-16-18(15)25-12-11-24-16/h1-8H,9-13H2,(H,21,22). The molecule has 6 nitrogen and oxygen atoms in total. The Morgan fingerprint density at radius 3 is 2.52 bits per heavy atom. The van der Waals surface area contributed by atoms with E-state index in [-0.39, 0.29) is 12.5 Å². The molecular weight excluding hydrogens is 322 g/mol. The molecule has 0 aliphatic carbocycles. The van der Waals surface area contributed by atoms with Crippen LogP contribution in [0.4, 0.5) is 0 Å². The predicted molar refractivity (Wildman–Crippen MR) is 91.1 cm³/mol. The monoisotopic (exact) mass is 341 g/mol. The van der Waals surface area contributed by atoms with Crippen molar-refractivity contribution in [1.29, 1.82) is 0 Å². The first-order chi connectivity index (χ1) is 12.1. The smallest absolute Gasteiger partial charge is 0.323 e. The van der Waals surface area contributed by atoms with Crippen molar-refractivity contribution in [3.05, 3.63) is 59.7 Å². The molecule has 0 unspecified atom stereocenters. The van der Waals surface area contributed by atoms with E-state index in [1.807, 2.05) is 30.3 Å². The lowest BCUT2D eigenvalue weighted by Crippen LogP contribution is -2.37. The fourth-order valence-corrected chi connectivity index (χ4v) is 2.74. The highest BCUT2D eigenvalue weighted by Crippen LogP contribution is 2.34. The molecular formula is C19H19NO5. The minimum Gasteiger partial charge on any atom is -0.486 e. The summed E-state index contributed by atoms with van der Waals surface area (Å²) < 4.78 is 11.1. The first kappa shape index (κ1) is 16.8. The number of amides is 1. The van der Waals surface area contributed by atoms with Crippen LogP contribution < -0.4 is 9.47 Å². The molecule has 1 amide bonds. The van der Waals surface area contributed by atoms with Gasteiger partial charge in [-0.3, -0.25) is 9.59 Å². The first-order valence-electron chi connectivity index (χ1n) is 8.09. The van der Waals surface area contributed by atoms with E-state index in [1.54, 1.807) is 18.2 Å². The summed E-state index contributed by atoms with van der Waals surface area (Å²) in [6.45, 7) is 0.730. The van der Waals surface area contributed by atoms with Gasteiger partial charge in [0.2, 0.25) is 0 Å². The number of nitrogens with zero attached hydrogens (tertiary/aromatic N) is 1. The highest BCUT2D eigenvalue weighted by atomic mass is 16.6. The molecule has 25 heavy (non-hydrogen) atoms. The molecule has 0 bridgehead atoms. The number of aliphatic carboxylic acids is 1. The van der Waals surface area contributed by atoms with Crippen molar-refractivity contribution in [1.82, 2.24) is 4.90 Å². The summed E-state index contributed by atoms with van der Waals surface area (Å²) >= 11 is 0. The maximum atomic E-state index is 12.9. The molecule has 0 aromatic heterocycles. The van der Waals surface area contributed by atoms with Gasteiger partial charge in [-0.05, 0) is 24.1 Å². The summed E-state index contributed by atoms with van der Waals surface area (Å²) in [4.78, 5) is 25.4. The number of para-hydroxylation sites is 1. The third-order valence-corrected chi connectivity index (χ3v) is 3.92. The van der Waals surface area contributed by atoms with E-state index in [0.717, 1.165) is 5.56 Å². The van der Waals surface area contributed by atoms with Crippen molar-refractivity contribution in [2.24, 2.45) is 0 Å². The zero-order valence-corrected chi connectivity index (χ0v) is 13.7. The molecule has 1 aliphatic rings. The lowest BCUT2D eigenvalue weighted by Gasteiger charge is -2.25. The van der Waals surface area contributed by atoms with Gasteiger partial charge in [-0.25, -0.2) is 0 Å². The topological polar surface area (TPSA) is 76.1 Å². The highest BCUT2D eigenvalue weighted by molar-refractivity contribution is 5.99. The van der Waals surface area contributed by atoms with Crippen molar-refractivity contribution in [2.75, 3.05) is 26.3 Å². The number of fused-ring (bicyclic) bond motifs is 1. The van der Waals surface area contributed by atoms with Crippen LogP contribution >= 0.6 is 0 Å². The van der Waals surface area contributed by atoms with Gasteiger partial charge in [0, 0.05) is 6.54 Å². The Hall–Kier alpha value is -3.02. The van der Waals surface area contributed by atoms with Crippen LogP contribution in [0.5, 0.6) is 11.5 Å². The van der Waals surface area contributed by atoms with E-state index >= 15 is 0 Å². The number of ether oxygens (including phenoxy) is 2. The van der Waals surface area contributed by atoms with E-state index in [9.17, 15) is 9.59 Å². The van der Waals surface area contributed by atoms with Gasteiger partial charge in [-0.2, -0.15) is 0 Å². The Kier molecular flexibility index (Phi) is 5.18. The van der Waals surface area contributed by atoms with Gasteiger partial charge in [0.15, 0.2) is 11.5 Å². The van der Waals surface area contributed by atoms with E-state index in [1.165, 1.54) is 4.90 Å². The van der Waals surface area contributed by atoms with Crippen LogP contribution in [0.3, 0.4) is 0 Å². The van der Waals surface area contributed by atoms with Crippen molar-refractivity contribution in [2.45, 2.75) is 6.42 Å². The van der Waals surface area contributed by atoms with Gasteiger partial charge >= 0.3 is 5.97 Å². The average Bonchev–Trinajstić information content (AvgIpc) is 2.64. The molecule has 2 aromatic carbocycles. The van der Waals surface area contributed by atoms with Gasteiger partial charge in [0.1, 0.15) is 19.8 Å². The fraction of sp³-hybridized carbons (Fsp3) is 0.263. The SMILES string of the molecule is O=C(O)CN(CCc1ccccc1)C(=O)c1cccc2c1OCCO2. The highest BCUT2D eigenvalue weighted by Gasteiger charge is 2.25. The second kappa shape index (κ2) is 7.70. The quantitative estimate of drug-likeness (QED) is 0.872. The third-order valence-electron chi connectivity index (χ3n) is 3.92. The van der Waals surface area contributed by atoms with Gasteiger partial charge < -0.3 is 19.5 Å². The molecule has 1 N–H and O–H groups in total. The summed E-state index contributed by atoms with van der Waals surface area (Å²) in [5.74, 6) is -0.534. The van der Waals surface area contributed by atoms with Crippen LogP contribution in [0.1, 0.15) is 15.9 Å². The predicted octanol–water partition coefficient (Wildman–Crippen LogP) is 2.23. The Bertz CT molecular complexity index is 760. The number of rotatable bonds is 6. The summed E-state index contributed by atoms with van der Waals surface area (Å²) in [7, 11) is 0. The molecule has 0 saturated heterocycles. The maximum Gasteiger partial charge on any atom is 0.323 e. The Labute approximate surface area is 145 Å². The second-order valence-corrected chi connectivity index (χ2v) is 5.69. The van der Waals surface area contributed by atoms with Crippen molar-refractivity contribution in [3.8, 4) is 11.5 Å². The molecule has 3 rings (SSSR count). The third kappa shape index (κ3) is 4.09. The van der Waals surface area contributed by atoms with E-state index in [0.29, 0.717) is 43.2 Å². The summed E-state index contributed by atoms with van der Waals surface area (Å²) in [5, 5.41) is 9.17. The van der Waals surface area contributed by atoms with Gasteiger partial charge in [0.25, 0.3) is 5.91 Å². The number of hydrogen-bond acceptors (Lipinski definition) is 4. The zero-order chi connectivity index (χ0) is 17.6. The molecule has 1 heterocycles. The number of carboxylic acids is 1. The largest absolute Gasteiger partial charge is 0.486 e. The van der Waals surface area contributed by atoms with Crippen molar-refractivity contribution < 1.29 is 24.2 Å². The van der Waals surface area contributed by atoms with Crippen LogP contribution in [0.25, 0.3) is 0 Å². The Morgan fingerprint density at radius 2 is 1.76 bits per heavy atom. The number of carboxylic acid groups (broad SMARTS) is 1. The summed E-state index contributed by atoms with van der Waals surface area (Å²) in [6.07, 6.45) is 0.576. The van der Waals surface area contributed by atoms with Gasteiger partial charge in [-0.15, -0.1) is 0 Å². The molecule has 130 valence electrons. The lowest BCUT2D eigenvalue weighted by molar-refractivity contribution is -0.137. The molecule has 0 spiro atoms. The zero-order valence-electron chi connectivity index (χ0n) is 13.7. The molecule has 0 atom stereocenters. The van der Waals surface area contributed by atoms with Gasteiger partial charge in [-0.1, -0.05) is 36.4 Å². The molecule has 0 saturated carbocycles. The van der Waals surface area contributed by atoms with E-state index in [4.69, 9.17) is 14.6 Å². The number of carbonyl (C=O) groups excluding carboxylic acids is 1. The van der Waals surface area contributed by atoms with E-state index < -0.39 is 5.97 Å². The van der Waals surface area contributed by atoms with Crippen LogP contribution in [-0.4, -0.2) is 48.2 Å². The number of benzene rings is 2.